The summed E-state index contributed by atoms with van der Waals surface area (Å²) in [6.45, 7) is 8.77. The van der Waals surface area contributed by atoms with Crippen molar-refractivity contribution in [3.8, 4) is 11.5 Å². The Labute approximate surface area is 174 Å². The summed E-state index contributed by atoms with van der Waals surface area (Å²) in [5.41, 5.74) is 3.67. The van der Waals surface area contributed by atoms with Gasteiger partial charge in [0.1, 0.15) is 11.5 Å². The Hall–Kier alpha value is -2.73. The highest BCUT2D eigenvalue weighted by Gasteiger charge is 2.09. The van der Waals surface area contributed by atoms with Gasteiger partial charge < -0.3 is 20.1 Å². The van der Waals surface area contributed by atoms with E-state index >= 15 is 0 Å². The van der Waals surface area contributed by atoms with Crippen LogP contribution in [-0.4, -0.2) is 45.2 Å². The molecule has 0 saturated carbocycles. The molecule has 2 aromatic carbocycles. The zero-order valence-corrected chi connectivity index (χ0v) is 18.3. The number of ether oxygens (including phenoxy) is 2. The van der Waals surface area contributed by atoms with Crippen LogP contribution in [0.3, 0.4) is 0 Å². The summed E-state index contributed by atoms with van der Waals surface area (Å²) >= 11 is 0. The Kier molecular flexibility index (Phi) is 9.31. The maximum atomic E-state index is 5.47. The van der Waals surface area contributed by atoms with Gasteiger partial charge in [0.2, 0.25) is 0 Å². The van der Waals surface area contributed by atoms with Crippen molar-refractivity contribution in [1.82, 2.24) is 15.5 Å². The third-order valence-electron chi connectivity index (χ3n) is 5.02. The van der Waals surface area contributed by atoms with E-state index in [2.05, 4.69) is 58.6 Å². The molecule has 158 valence electrons. The summed E-state index contributed by atoms with van der Waals surface area (Å²) in [7, 11) is 5.09. The van der Waals surface area contributed by atoms with Crippen molar-refractivity contribution in [2.75, 3.05) is 34.4 Å². The molecule has 0 saturated heterocycles. The molecule has 0 heterocycles. The van der Waals surface area contributed by atoms with Gasteiger partial charge in [-0.2, -0.15) is 0 Å². The average Bonchev–Trinajstić information content (AvgIpc) is 2.78. The fourth-order valence-electron chi connectivity index (χ4n) is 3.15. The molecule has 0 fully saturated rings. The van der Waals surface area contributed by atoms with Crippen molar-refractivity contribution in [2.24, 2.45) is 4.99 Å². The minimum atomic E-state index is 0.605. The molecule has 0 aromatic heterocycles. The molecule has 0 aliphatic rings. The molecule has 0 bridgehead atoms. The van der Waals surface area contributed by atoms with Crippen molar-refractivity contribution in [3.05, 3.63) is 59.2 Å². The highest BCUT2D eigenvalue weighted by atomic mass is 16.5. The second-order valence-corrected chi connectivity index (χ2v) is 6.69. The van der Waals surface area contributed by atoms with E-state index in [0.29, 0.717) is 6.54 Å². The maximum absolute atomic E-state index is 5.47. The van der Waals surface area contributed by atoms with Gasteiger partial charge in [0.05, 0.1) is 14.2 Å². The molecule has 6 heteroatoms. The first-order valence-electron chi connectivity index (χ1n) is 10.1. The fourth-order valence-corrected chi connectivity index (χ4v) is 3.15. The van der Waals surface area contributed by atoms with Gasteiger partial charge in [0, 0.05) is 38.3 Å². The summed E-state index contributed by atoms with van der Waals surface area (Å²) in [4.78, 5) is 6.77. The molecule has 0 amide bonds. The number of rotatable bonds is 10. The van der Waals surface area contributed by atoms with Crippen LogP contribution in [0.1, 0.15) is 30.5 Å². The van der Waals surface area contributed by atoms with Crippen LogP contribution in [0.4, 0.5) is 0 Å². The predicted octanol–water partition coefficient (Wildman–Crippen LogP) is 3.41. The van der Waals surface area contributed by atoms with Gasteiger partial charge in [0.15, 0.2) is 5.96 Å². The lowest BCUT2D eigenvalue weighted by molar-refractivity contribution is 0.295. The number of aliphatic imine (C=N–C) groups is 1. The summed E-state index contributed by atoms with van der Waals surface area (Å²) in [5.74, 6) is 2.32. The van der Waals surface area contributed by atoms with E-state index in [0.717, 1.165) is 49.2 Å². The van der Waals surface area contributed by atoms with Crippen LogP contribution in [0, 0.1) is 0 Å². The number of methoxy groups -OCH3 is 2. The molecule has 2 rings (SSSR count). The molecule has 0 aliphatic heterocycles. The smallest absolute Gasteiger partial charge is 0.191 e. The average molecular weight is 399 g/mol. The largest absolute Gasteiger partial charge is 0.497 e. The maximum Gasteiger partial charge on any atom is 0.191 e. The monoisotopic (exact) mass is 398 g/mol. The Balaban J connectivity index is 1.98. The third kappa shape index (κ3) is 6.68. The number of guanidine groups is 1. The van der Waals surface area contributed by atoms with Crippen molar-refractivity contribution in [1.29, 1.82) is 0 Å². The topological polar surface area (TPSA) is 58.1 Å². The Morgan fingerprint density at radius 2 is 1.55 bits per heavy atom. The highest BCUT2D eigenvalue weighted by Crippen LogP contribution is 2.24. The summed E-state index contributed by atoms with van der Waals surface area (Å²) < 4.78 is 10.7. The first-order chi connectivity index (χ1) is 14.1. The van der Waals surface area contributed by atoms with E-state index in [9.17, 15) is 0 Å². The fraction of sp³-hybridized carbons (Fsp3) is 0.435. The van der Waals surface area contributed by atoms with Gasteiger partial charge in [-0.1, -0.05) is 38.1 Å². The van der Waals surface area contributed by atoms with Gasteiger partial charge in [-0.3, -0.25) is 9.89 Å². The zero-order chi connectivity index (χ0) is 21.1. The number of benzene rings is 2. The summed E-state index contributed by atoms with van der Waals surface area (Å²) in [5, 5.41) is 6.78. The summed E-state index contributed by atoms with van der Waals surface area (Å²) in [6, 6.07) is 14.4. The number of hydrogen-bond donors (Lipinski definition) is 2. The van der Waals surface area contributed by atoms with Crippen LogP contribution in [0.25, 0.3) is 0 Å². The summed E-state index contributed by atoms with van der Waals surface area (Å²) in [6.07, 6.45) is 0. The van der Waals surface area contributed by atoms with E-state index in [1.807, 2.05) is 18.2 Å². The Morgan fingerprint density at radius 3 is 2.14 bits per heavy atom. The van der Waals surface area contributed by atoms with E-state index in [1.165, 1.54) is 11.1 Å². The van der Waals surface area contributed by atoms with Crippen molar-refractivity contribution < 1.29 is 9.47 Å². The van der Waals surface area contributed by atoms with Crippen LogP contribution in [0.15, 0.2) is 47.5 Å². The normalized spacial score (nSPS) is 11.4. The molecular weight excluding hydrogens is 364 g/mol. The third-order valence-corrected chi connectivity index (χ3v) is 5.02. The molecular formula is C23H34N4O2. The first-order valence-corrected chi connectivity index (χ1v) is 10.1. The molecule has 2 N–H and O–H groups in total. The van der Waals surface area contributed by atoms with Crippen molar-refractivity contribution in [3.63, 3.8) is 0 Å². The Morgan fingerprint density at radius 1 is 0.897 bits per heavy atom. The lowest BCUT2D eigenvalue weighted by Crippen LogP contribution is -2.36. The molecule has 0 spiro atoms. The minimum absolute atomic E-state index is 0.605. The Bertz CT molecular complexity index is 788. The number of nitrogens with one attached hydrogen (secondary N) is 2. The van der Waals surface area contributed by atoms with Crippen LogP contribution in [-0.2, 0) is 19.6 Å². The molecule has 0 radical (unpaired) electrons. The minimum Gasteiger partial charge on any atom is -0.497 e. The molecule has 0 aliphatic carbocycles. The molecule has 6 nitrogen and oxygen atoms in total. The second kappa shape index (κ2) is 12.0. The van der Waals surface area contributed by atoms with E-state index in [4.69, 9.17) is 9.47 Å². The van der Waals surface area contributed by atoms with Crippen molar-refractivity contribution >= 4 is 5.96 Å². The van der Waals surface area contributed by atoms with Gasteiger partial charge in [-0.25, -0.2) is 0 Å². The van der Waals surface area contributed by atoms with Crippen LogP contribution >= 0.6 is 0 Å². The van der Waals surface area contributed by atoms with Gasteiger partial charge in [-0.15, -0.1) is 0 Å². The highest BCUT2D eigenvalue weighted by molar-refractivity contribution is 5.79. The predicted molar refractivity (Wildman–Crippen MR) is 120 cm³/mol. The quantitative estimate of drug-likeness (QED) is 0.474. The second-order valence-electron chi connectivity index (χ2n) is 6.69. The van der Waals surface area contributed by atoms with E-state index in [1.54, 1.807) is 21.3 Å². The SMILES string of the molecule is CCN(CC)Cc1ccccc1CNC(=NC)NCc1ccc(OC)cc1OC. The van der Waals surface area contributed by atoms with Crippen LogP contribution in [0.5, 0.6) is 11.5 Å². The van der Waals surface area contributed by atoms with E-state index < -0.39 is 0 Å². The molecule has 2 aromatic rings. The number of nitrogens with zero attached hydrogens (tertiary/aromatic N) is 2. The molecule has 0 unspecified atom stereocenters. The molecule has 29 heavy (non-hydrogen) atoms. The lowest BCUT2D eigenvalue weighted by Gasteiger charge is -2.21. The van der Waals surface area contributed by atoms with Crippen LogP contribution in [0.2, 0.25) is 0 Å². The van der Waals surface area contributed by atoms with Crippen LogP contribution < -0.4 is 20.1 Å². The first kappa shape index (κ1) is 22.6. The zero-order valence-electron chi connectivity index (χ0n) is 18.3. The van der Waals surface area contributed by atoms with Gasteiger partial charge in [0.25, 0.3) is 0 Å². The molecule has 0 atom stereocenters. The lowest BCUT2D eigenvalue weighted by atomic mass is 10.1. The van der Waals surface area contributed by atoms with E-state index in [-0.39, 0.29) is 0 Å². The number of hydrogen-bond acceptors (Lipinski definition) is 4. The standard InChI is InChI=1S/C23H34N4O2/c1-6-27(7-2)17-20-11-9-8-10-18(20)15-25-23(24-3)26-16-19-12-13-21(28-4)14-22(19)29-5/h8-14H,6-7,15-17H2,1-5H3,(H2,24,25,26). The van der Waals surface area contributed by atoms with Crippen molar-refractivity contribution in [2.45, 2.75) is 33.5 Å². The van der Waals surface area contributed by atoms with Gasteiger partial charge in [-0.05, 0) is 36.3 Å². The van der Waals surface area contributed by atoms with Gasteiger partial charge >= 0.3 is 0 Å².